The number of rotatable bonds is 5. The minimum absolute atomic E-state index is 0.241. The first-order valence-electron chi connectivity index (χ1n) is 5.65. The molecule has 0 aliphatic rings. The van der Waals surface area contributed by atoms with Crippen LogP contribution in [0, 0.1) is 0 Å². The molecule has 104 valence electrons. The first kappa shape index (κ1) is 14.6. The number of hydrogen-bond donors (Lipinski definition) is 3. The molecule has 1 aromatic heterocycles. The molecular weight excluding hydrogens is 254 g/mol. The molecule has 0 aliphatic carbocycles. The first-order valence-corrected chi connectivity index (χ1v) is 5.65. The van der Waals surface area contributed by atoms with Crippen LogP contribution in [0.15, 0.2) is 6.20 Å². The van der Waals surface area contributed by atoms with Crippen LogP contribution >= 0.6 is 0 Å². The number of nitrogens with zero attached hydrogens (tertiary/aromatic N) is 3. The van der Waals surface area contributed by atoms with Crippen molar-refractivity contribution in [2.75, 3.05) is 6.54 Å². The van der Waals surface area contributed by atoms with Crippen molar-refractivity contribution in [2.45, 2.75) is 26.3 Å². The van der Waals surface area contributed by atoms with Gasteiger partial charge >= 0.3 is 12.0 Å². The van der Waals surface area contributed by atoms with E-state index in [4.69, 9.17) is 5.11 Å². The predicted octanol–water partition coefficient (Wildman–Crippen LogP) is -0.688. The number of urea groups is 1. The highest BCUT2D eigenvalue weighted by Gasteiger charge is 2.19. The van der Waals surface area contributed by atoms with Gasteiger partial charge in [-0.1, -0.05) is 5.21 Å². The van der Waals surface area contributed by atoms with E-state index in [2.05, 4.69) is 20.9 Å². The summed E-state index contributed by atoms with van der Waals surface area (Å²) in [6, 6.07) is -1.36. The standard InChI is InChI=1S/C10H15N5O4/c1-3-11-10(19)12-9(18)6(2)15-5-7(13-14-15)4-8(16)17/h5-6H,3-4H2,1-2H3,(H,16,17)(H2,11,12,18,19). The van der Waals surface area contributed by atoms with Crippen LogP contribution in [-0.4, -0.2) is 44.6 Å². The fraction of sp³-hybridized carbons (Fsp3) is 0.500. The average Bonchev–Trinajstić information content (AvgIpc) is 2.75. The summed E-state index contributed by atoms with van der Waals surface area (Å²) in [5.41, 5.74) is 0.241. The monoisotopic (exact) mass is 269 g/mol. The zero-order chi connectivity index (χ0) is 14.4. The molecule has 0 saturated carbocycles. The van der Waals surface area contributed by atoms with Gasteiger partial charge in [0.15, 0.2) is 0 Å². The molecule has 0 aromatic carbocycles. The van der Waals surface area contributed by atoms with Crippen molar-refractivity contribution < 1.29 is 19.5 Å². The number of carbonyl (C=O) groups is 3. The summed E-state index contributed by atoms with van der Waals surface area (Å²) >= 11 is 0. The first-order chi connectivity index (χ1) is 8.93. The third kappa shape index (κ3) is 4.37. The average molecular weight is 269 g/mol. The van der Waals surface area contributed by atoms with Gasteiger partial charge in [-0.2, -0.15) is 0 Å². The summed E-state index contributed by atoms with van der Waals surface area (Å²) < 4.78 is 1.20. The fourth-order valence-electron chi connectivity index (χ4n) is 1.28. The SMILES string of the molecule is CCNC(=O)NC(=O)C(C)n1cc(CC(=O)O)nn1. The van der Waals surface area contributed by atoms with E-state index in [-0.39, 0.29) is 12.1 Å². The van der Waals surface area contributed by atoms with Gasteiger partial charge in [-0.05, 0) is 13.8 Å². The third-order valence-corrected chi connectivity index (χ3v) is 2.24. The summed E-state index contributed by atoms with van der Waals surface area (Å²) in [6.07, 6.45) is 1.08. The zero-order valence-corrected chi connectivity index (χ0v) is 10.6. The topological polar surface area (TPSA) is 126 Å². The van der Waals surface area contributed by atoms with E-state index >= 15 is 0 Å². The highest BCUT2D eigenvalue weighted by Crippen LogP contribution is 2.05. The summed E-state index contributed by atoms with van der Waals surface area (Å²) in [5, 5.41) is 20.4. The lowest BCUT2D eigenvalue weighted by atomic mass is 10.3. The second-order valence-corrected chi connectivity index (χ2v) is 3.79. The van der Waals surface area contributed by atoms with Gasteiger partial charge in [-0.3, -0.25) is 14.9 Å². The Labute approximate surface area is 109 Å². The number of carboxylic acids is 1. The maximum absolute atomic E-state index is 11.7. The molecule has 3 amide bonds. The second kappa shape index (κ2) is 6.47. The van der Waals surface area contributed by atoms with E-state index in [0.717, 1.165) is 0 Å². The van der Waals surface area contributed by atoms with Gasteiger partial charge in [0.05, 0.1) is 12.1 Å². The third-order valence-electron chi connectivity index (χ3n) is 2.24. The van der Waals surface area contributed by atoms with Gasteiger partial charge in [0.2, 0.25) is 0 Å². The minimum atomic E-state index is -1.04. The maximum atomic E-state index is 11.7. The fourth-order valence-corrected chi connectivity index (χ4v) is 1.28. The summed E-state index contributed by atoms with van der Waals surface area (Å²) in [5.74, 6) is -1.59. The van der Waals surface area contributed by atoms with Crippen LogP contribution in [0.4, 0.5) is 4.79 Å². The number of carboxylic acid groups (broad SMARTS) is 1. The molecule has 1 heterocycles. The summed E-state index contributed by atoms with van der Waals surface area (Å²) in [6.45, 7) is 3.65. The number of amides is 3. The lowest BCUT2D eigenvalue weighted by molar-refractivity contribution is -0.136. The Morgan fingerprint density at radius 2 is 2.16 bits per heavy atom. The molecule has 9 heteroatoms. The molecule has 19 heavy (non-hydrogen) atoms. The minimum Gasteiger partial charge on any atom is -0.481 e. The van der Waals surface area contributed by atoms with Gasteiger partial charge in [0.25, 0.3) is 5.91 Å². The van der Waals surface area contributed by atoms with E-state index in [1.807, 2.05) is 0 Å². The van der Waals surface area contributed by atoms with E-state index in [0.29, 0.717) is 6.54 Å². The van der Waals surface area contributed by atoms with Crippen LogP contribution in [0.2, 0.25) is 0 Å². The Morgan fingerprint density at radius 3 is 2.74 bits per heavy atom. The molecule has 1 atom stereocenters. The molecule has 9 nitrogen and oxygen atoms in total. The largest absolute Gasteiger partial charge is 0.481 e. The van der Waals surface area contributed by atoms with Gasteiger partial charge in [-0.15, -0.1) is 5.10 Å². The maximum Gasteiger partial charge on any atom is 0.321 e. The highest BCUT2D eigenvalue weighted by molar-refractivity contribution is 5.95. The summed E-state index contributed by atoms with van der Waals surface area (Å²) in [7, 11) is 0. The molecule has 0 radical (unpaired) electrons. The van der Waals surface area contributed by atoms with Crippen LogP contribution in [0.1, 0.15) is 25.6 Å². The van der Waals surface area contributed by atoms with Gasteiger partial charge < -0.3 is 10.4 Å². The molecule has 0 aliphatic heterocycles. The molecular formula is C10H15N5O4. The molecule has 1 rings (SSSR count). The molecule has 0 fully saturated rings. The van der Waals surface area contributed by atoms with Crippen molar-refractivity contribution in [3.8, 4) is 0 Å². The van der Waals surface area contributed by atoms with Crippen LogP contribution in [0.25, 0.3) is 0 Å². The van der Waals surface area contributed by atoms with Gasteiger partial charge in [0, 0.05) is 12.7 Å². The van der Waals surface area contributed by atoms with Gasteiger partial charge in [-0.25, -0.2) is 9.48 Å². The van der Waals surface area contributed by atoms with E-state index in [9.17, 15) is 14.4 Å². The number of aliphatic carboxylic acids is 1. The Bertz CT molecular complexity index is 484. The Balaban J connectivity index is 2.63. The summed E-state index contributed by atoms with van der Waals surface area (Å²) in [4.78, 5) is 33.3. The molecule has 3 N–H and O–H groups in total. The second-order valence-electron chi connectivity index (χ2n) is 3.79. The van der Waals surface area contributed by atoms with Crippen LogP contribution in [-0.2, 0) is 16.0 Å². The smallest absolute Gasteiger partial charge is 0.321 e. The number of hydrogen-bond acceptors (Lipinski definition) is 5. The van der Waals surface area contributed by atoms with Crippen molar-refractivity contribution in [3.05, 3.63) is 11.9 Å². The van der Waals surface area contributed by atoms with E-state index in [1.165, 1.54) is 17.8 Å². The predicted molar refractivity (Wildman–Crippen MR) is 63.3 cm³/mol. The number of nitrogens with one attached hydrogen (secondary N) is 2. The van der Waals surface area contributed by atoms with Crippen LogP contribution in [0.3, 0.4) is 0 Å². The van der Waals surface area contributed by atoms with Crippen molar-refractivity contribution in [3.63, 3.8) is 0 Å². The van der Waals surface area contributed by atoms with Gasteiger partial charge in [0.1, 0.15) is 6.04 Å². The van der Waals surface area contributed by atoms with Crippen molar-refractivity contribution in [1.82, 2.24) is 25.6 Å². The molecule has 1 unspecified atom stereocenters. The van der Waals surface area contributed by atoms with Crippen LogP contribution < -0.4 is 10.6 Å². The zero-order valence-electron chi connectivity index (χ0n) is 10.6. The molecule has 1 aromatic rings. The Kier molecular flexibility index (Phi) is 4.98. The van der Waals surface area contributed by atoms with Crippen LogP contribution in [0.5, 0.6) is 0 Å². The quantitative estimate of drug-likeness (QED) is 0.649. The molecule has 0 bridgehead atoms. The van der Waals surface area contributed by atoms with Crippen molar-refractivity contribution >= 4 is 17.9 Å². The normalized spacial score (nSPS) is 11.7. The Morgan fingerprint density at radius 1 is 1.47 bits per heavy atom. The molecule has 0 saturated heterocycles. The lowest BCUT2D eigenvalue weighted by Gasteiger charge is -2.11. The van der Waals surface area contributed by atoms with Crippen molar-refractivity contribution in [1.29, 1.82) is 0 Å². The number of aromatic nitrogens is 3. The highest BCUT2D eigenvalue weighted by atomic mass is 16.4. The number of carbonyl (C=O) groups excluding carboxylic acids is 2. The lowest BCUT2D eigenvalue weighted by Crippen LogP contribution is -2.42. The Hall–Kier alpha value is -2.45. The molecule has 0 spiro atoms. The van der Waals surface area contributed by atoms with Crippen molar-refractivity contribution in [2.24, 2.45) is 0 Å². The van der Waals surface area contributed by atoms with E-state index < -0.39 is 23.9 Å². The number of imide groups is 1. The van der Waals surface area contributed by atoms with E-state index in [1.54, 1.807) is 6.92 Å².